The van der Waals surface area contributed by atoms with Gasteiger partial charge >= 0.3 is 12.1 Å². The summed E-state index contributed by atoms with van der Waals surface area (Å²) >= 11 is 0. The SMILES string of the molecule is CCOC(=O)CCC(=O)N(C[C@@H]1CN(Cc2ccccc2)CCN1C(=O)OC(C)(C)C)c1ccccc1. The second kappa shape index (κ2) is 13.2. The lowest BCUT2D eigenvalue weighted by Crippen LogP contribution is -2.59. The molecule has 0 aromatic heterocycles. The van der Waals surface area contributed by atoms with Crippen LogP contribution in [-0.2, 0) is 25.6 Å². The molecule has 1 aliphatic rings. The molecule has 0 unspecified atom stereocenters. The molecular formula is C29H39N3O5. The number of anilines is 1. The predicted molar refractivity (Wildman–Crippen MR) is 143 cm³/mol. The van der Waals surface area contributed by atoms with Gasteiger partial charge in [0.15, 0.2) is 0 Å². The molecule has 8 heteroatoms. The van der Waals surface area contributed by atoms with Gasteiger partial charge in [0.25, 0.3) is 0 Å². The molecule has 1 saturated heterocycles. The Morgan fingerprint density at radius 2 is 1.59 bits per heavy atom. The van der Waals surface area contributed by atoms with Crippen LogP contribution >= 0.6 is 0 Å². The Balaban J connectivity index is 1.83. The number of amides is 2. The van der Waals surface area contributed by atoms with Gasteiger partial charge in [-0.2, -0.15) is 0 Å². The van der Waals surface area contributed by atoms with Crippen LogP contribution in [0.5, 0.6) is 0 Å². The lowest BCUT2D eigenvalue weighted by atomic mass is 10.1. The minimum atomic E-state index is -0.628. The van der Waals surface area contributed by atoms with Crippen molar-refractivity contribution in [3.8, 4) is 0 Å². The van der Waals surface area contributed by atoms with E-state index < -0.39 is 11.6 Å². The van der Waals surface area contributed by atoms with Crippen LogP contribution in [0, 0.1) is 0 Å². The van der Waals surface area contributed by atoms with Crippen molar-refractivity contribution in [2.24, 2.45) is 0 Å². The molecule has 8 nitrogen and oxygen atoms in total. The lowest BCUT2D eigenvalue weighted by Gasteiger charge is -2.43. The number of ether oxygens (including phenoxy) is 2. The summed E-state index contributed by atoms with van der Waals surface area (Å²) in [5.74, 6) is -0.588. The van der Waals surface area contributed by atoms with Crippen molar-refractivity contribution in [2.45, 2.75) is 58.7 Å². The first-order valence-electron chi connectivity index (χ1n) is 12.9. The maximum absolute atomic E-state index is 13.4. The molecule has 2 aromatic carbocycles. The number of carbonyl (C=O) groups is 3. The first-order valence-corrected chi connectivity index (χ1v) is 12.9. The van der Waals surface area contributed by atoms with E-state index in [0.717, 1.165) is 12.2 Å². The van der Waals surface area contributed by atoms with E-state index in [-0.39, 0.29) is 44.0 Å². The molecule has 0 aliphatic carbocycles. The maximum atomic E-state index is 13.4. The normalized spacial score (nSPS) is 16.2. The molecular weight excluding hydrogens is 470 g/mol. The van der Waals surface area contributed by atoms with Gasteiger partial charge < -0.3 is 19.3 Å². The molecule has 0 saturated carbocycles. The molecule has 0 radical (unpaired) electrons. The predicted octanol–water partition coefficient (Wildman–Crippen LogP) is 4.48. The molecule has 0 N–H and O–H groups in total. The van der Waals surface area contributed by atoms with Crippen LogP contribution in [-0.4, -0.2) is 72.2 Å². The lowest BCUT2D eigenvalue weighted by molar-refractivity contribution is -0.144. The Hall–Kier alpha value is -3.39. The quantitative estimate of drug-likeness (QED) is 0.464. The van der Waals surface area contributed by atoms with E-state index in [4.69, 9.17) is 9.47 Å². The smallest absolute Gasteiger partial charge is 0.410 e. The van der Waals surface area contributed by atoms with Crippen molar-refractivity contribution in [3.63, 3.8) is 0 Å². The van der Waals surface area contributed by atoms with Gasteiger partial charge in [-0.25, -0.2) is 4.79 Å². The summed E-state index contributed by atoms with van der Waals surface area (Å²) < 4.78 is 10.7. The Morgan fingerprint density at radius 3 is 2.22 bits per heavy atom. The number of rotatable bonds is 9. The number of piperazine rings is 1. The summed E-state index contributed by atoms with van der Waals surface area (Å²) in [6.45, 7) is 10.4. The van der Waals surface area contributed by atoms with Crippen LogP contribution in [0.3, 0.4) is 0 Å². The molecule has 2 amide bonds. The van der Waals surface area contributed by atoms with E-state index in [0.29, 0.717) is 19.6 Å². The van der Waals surface area contributed by atoms with E-state index >= 15 is 0 Å². The summed E-state index contributed by atoms with van der Waals surface area (Å²) in [5, 5.41) is 0. The highest BCUT2D eigenvalue weighted by molar-refractivity contribution is 5.95. The summed E-state index contributed by atoms with van der Waals surface area (Å²) in [7, 11) is 0. The van der Waals surface area contributed by atoms with Crippen molar-refractivity contribution < 1.29 is 23.9 Å². The second-order valence-electron chi connectivity index (χ2n) is 10.2. The van der Waals surface area contributed by atoms with Gasteiger partial charge in [-0.05, 0) is 45.4 Å². The molecule has 3 rings (SSSR count). The van der Waals surface area contributed by atoms with Crippen LogP contribution in [0.1, 0.15) is 46.1 Å². The zero-order valence-electron chi connectivity index (χ0n) is 22.4. The van der Waals surface area contributed by atoms with Gasteiger partial charge in [-0.3, -0.25) is 14.5 Å². The van der Waals surface area contributed by atoms with Gasteiger partial charge in [0.05, 0.1) is 19.1 Å². The Morgan fingerprint density at radius 1 is 0.946 bits per heavy atom. The van der Waals surface area contributed by atoms with Gasteiger partial charge in [-0.1, -0.05) is 48.5 Å². The molecule has 1 heterocycles. The first-order chi connectivity index (χ1) is 17.7. The fourth-order valence-corrected chi connectivity index (χ4v) is 4.37. The topological polar surface area (TPSA) is 79.4 Å². The number of para-hydroxylation sites is 1. The van der Waals surface area contributed by atoms with Crippen molar-refractivity contribution in [2.75, 3.05) is 37.7 Å². The standard InChI is InChI=1S/C29H39N3O5/c1-5-36-27(34)17-16-26(33)32(24-14-10-7-11-15-24)22-25-21-30(20-23-12-8-6-9-13-23)18-19-31(25)28(35)37-29(2,3)4/h6-15,25H,5,16-22H2,1-4H3/t25-/m0/s1. The van der Waals surface area contributed by atoms with E-state index in [1.54, 1.807) is 16.7 Å². The maximum Gasteiger partial charge on any atom is 0.410 e. The van der Waals surface area contributed by atoms with Crippen LogP contribution < -0.4 is 4.90 Å². The van der Waals surface area contributed by atoms with Gasteiger partial charge in [0.1, 0.15) is 5.60 Å². The van der Waals surface area contributed by atoms with E-state index in [1.807, 2.05) is 69.3 Å². The number of hydrogen-bond acceptors (Lipinski definition) is 6. The van der Waals surface area contributed by atoms with Gasteiger partial charge in [-0.15, -0.1) is 0 Å². The average Bonchev–Trinajstić information content (AvgIpc) is 2.86. The largest absolute Gasteiger partial charge is 0.466 e. The van der Waals surface area contributed by atoms with Gasteiger partial charge in [0, 0.05) is 44.8 Å². The molecule has 200 valence electrons. The van der Waals surface area contributed by atoms with E-state index in [1.165, 1.54) is 5.56 Å². The number of nitrogens with zero attached hydrogens (tertiary/aromatic N) is 3. The average molecular weight is 510 g/mol. The van der Waals surface area contributed by atoms with E-state index in [9.17, 15) is 14.4 Å². The highest BCUT2D eigenvalue weighted by atomic mass is 16.6. The molecule has 2 aromatic rings. The zero-order valence-corrected chi connectivity index (χ0v) is 22.4. The fourth-order valence-electron chi connectivity index (χ4n) is 4.37. The number of hydrogen-bond donors (Lipinski definition) is 0. The summed E-state index contributed by atoms with van der Waals surface area (Å²) in [4.78, 5) is 44.2. The Bertz CT molecular complexity index is 1020. The van der Waals surface area contributed by atoms with Crippen molar-refractivity contribution >= 4 is 23.7 Å². The van der Waals surface area contributed by atoms with Crippen LogP contribution in [0.4, 0.5) is 10.5 Å². The minimum absolute atomic E-state index is 0.0105. The third-order valence-electron chi connectivity index (χ3n) is 6.05. The van der Waals surface area contributed by atoms with Crippen LogP contribution in [0.25, 0.3) is 0 Å². The van der Waals surface area contributed by atoms with Crippen molar-refractivity contribution in [1.82, 2.24) is 9.80 Å². The number of esters is 1. The highest BCUT2D eigenvalue weighted by Gasteiger charge is 2.35. The fraction of sp³-hybridized carbons (Fsp3) is 0.483. The summed E-state index contributed by atoms with van der Waals surface area (Å²) in [5.41, 5.74) is 1.29. The highest BCUT2D eigenvalue weighted by Crippen LogP contribution is 2.22. The van der Waals surface area contributed by atoms with Gasteiger partial charge in [0.2, 0.25) is 5.91 Å². The second-order valence-corrected chi connectivity index (χ2v) is 10.2. The molecule has 0 bridgehead atoms. The summed E-state index contributed by atoms with van der Waals surface area (Å²) in [6.07, 6.45) is -0.346. The monoisotopic (exact) mass is 509 g/mol. The van der Waals surface area contributed by atoms with Crippen molar-refractivity contribution in [3.05, 3.63) is 66.2 Å². The Kier molecular flexibility index (Phi) is 10.1. The number of benzene rings is 2. The van der Waals surface area contributed by atoms with E-state index in [2.05, 4.69) is 17.0 Å². The molecule has 0 spiro atoms. The summed E-state index contributed by atoms with van der Waals surface area (Å²) in [6, 6.07) is 19.3. The Labute approximate surface area is 220 Å². The van der Waals surface area contributed by atoms with Crippen molar-refractivity contribution in [1.29, 1.82) is 0 Å². The third kappa shape index (κ3) is 8.89. The van der Waals surface area contributed by atoms with Crippen LogP contribution in [0.15, 0.2) is 60.7 Å². The minimum Gasteiger partial charge on any atom is -0.466 e. The molecule has 1 atom stereocenters. The zero-order chi connectivity index (χ0) is 26.8. The first kappa shape index (κ1) is 28.2. The van der Waals surface area contributed by atoms with Crippen LogP contribution in [0.2, 0.25) is 0 Å². The molecule has 1 aliphatic heterocycles. The number of carbonyl (C=O) groups excluding carboxylic acids is 3. The molecule has 1 fully saturated rings. The third-order valence-corrected chi connectivity index (χ3v) is 6.05. The molecule has 37 heavy (non-hydrogen) atoms.